The quantitative estimate of drug-likeness (QED) is 0.420. The van der Waals surface area contributed by atoms with Gasteiger partial charge in [-0.3, -0.25) is 0 Å². The van der Waals surface area contributed by atoms with Crippen molar-refractivity contribution in [2.45, 2.75) is 0 Å². The fraction of sp³-hybridized carbons (Fsp3) is 0.400. The van der Waals surface area contributed by atoms with Crippen molar-refractivity contribution in [2.24, 2.45) is 0 Å². The number of esters is 3. The van der Waals surface area contributed by atoms with Gasteiger partial charge in [0, 0.05) is 0 Å². The van der Waals surface area contributed by atoms with Crippen molar-refractivity contribution in [3.8, 4) is 0 Å². The van der Waals surface area contributed by atoms with Crippen molar-refractivity contribution < 1.29 is 28.6 Å². The van der Waals surface area contributed by atoms with E-state index in [1.807, 2.05) is 18.2 Å². The molecule has 0 spiro atoms. The Morgan fingerprint density at radius 1 is 0.773 bits per heavy atom. The van der Waals surface area contributed by atoms with Crippen LogP contribution in [0.15, 0.2) is 30.3 Å². The second-order valence-electron chi connectivity index (χ2n) is 4.68. The maximum atomic E-state index is 11.8. The molecule has 0 N–H and O–H groups in total. The second kappa shape index (κ2) is 8.49. The Balaban J connectivity index is 3.30. The van der Waals surface area contributed by atoms with Crippen LogP contribution in [0, 0.1) is 0 Å². The summed E-state index contributed by atoms with van der Waals surface area (Å²) in [5.74, 6) is -1.40. The van der Waals surface area contributed by atoms with Gasteiger partial charge in [0.05, 0.1) is 33.9 Å². The lowest BCUT2D eigenvalue weighted by atomic mass is 10.4. The van der Waals surface area contributed by atoms with E-state index in [-0.39, 0.29) is 18.5 Å². The summed E-state index contributed by atoms with van der Waals surface area (Å²) in [5, 5.41) is 0.788. The molecule has 1 aromatic carbocycles. The minimum atomic E-state index is -2.49. The van der Waals surface area contributed by atoms with Crippen LogP contribution in [0.2, 0.25) is 0 Å². The summed E-state index contributed by atoms with van der Waals surface area (Å²) in [6.07, 6.45) is -0.0485. The molecule has 0 aliphatic rings. The zero-order valence-corrected chi connectivity index (χ0v) is 13.8. The van der Waals surface area contributed by atoms with Crippen LogP contribution in [0.3, 0.4) is 0 Å². The fourth-order valence-electron chi connectivity index (χ4n) is 2.12. The maximum absolute atomic E-state index is 11.8. The summed E-state index contributed by atoms with van der Waals surface area (Å²) in [7, 11) is 1.34. The fourth-order valence-corrected chi connectivity index (χ4v) is 5.68. The van der Waals surface area contributed by atoms with Crippen LogP contribution in [0.25, 0.3) is 0 Å². The van der Waals surface area contributed by atoms with Gasteiger partial charge in [-0.15, -0.1) is 0 Å². The minimum absolute atomic E-state index is 0.0162. The van der Waals surface area contributed by atoms with Gasteiger partial charge in [-0.1, -0.05) is 18.2 Å². The average Bonchev–Trinajstić information content (AvgIpc) is 2.54. The van der Waals surface area contributed by atoms with Gasteiger partial charge in [0.25, 0.3) is 0 Å². The molecule has 0 saturated heterocycles. The molecule has 0 fully saturated rings. The average molecular weight is 327 g/mol. The van der Waals surface area contributed by atoms with E-state index in [4.69, 9.17) is 14.2 Å². The molecule has 0 amide bonds. The lowest BCUT2D eigenvalue weighted by Gasteiger charge is -2.24. The molecule has 1 aromatic rings. The summed E-state index contributed by atoms with van der Waals surface area (Å²) in [6, 6.07) is 9.05. The number of methoxy groups -OCH3 is 3. The van der Waals surface area contributed by atoms with Crippen LogP contribution in [-0.4, -0.2) is 57.7 Å². The van der Waals surface area contributed by atoms with E-state index >= 15 is 0 Å². The lowest BCUT2D eigenvalue weighted by Crippen LogP contribution is -2.31. The predicted octanol–water partition coefficient (Wildman–Crippen LogP) is 0.848. The van der Waals surface area contributed by atoms with Crippen molar-refractivity contribution in [1.82, 2.24) is 0 Å². The molecule has 0 bridgehead atoms. The summed E-state index contributed by atoms with van der Waals surface area (Å²) in [4.78, 5) is 35.5. The molecule has 0 saturated carbocycles. The summed E-state index contributed by atoms with van der Waals surface area (Å²) in [6.45, 7) is 0. The van der Waals surface area contributed by atoms with Gasteiger partial charge in [0.15, 0.2) is 18.5 Å². The number of hydrogen-bond acceptors (Lipinski definition) is 6. The van der Waals surface area contributed by atoms with E-state index in [2.05, 4.69) is 0 Å². The van der Waals surface area contributed by atoms with Crippen molar-refractivity contribution in [2.75, 3.05) is 39.8 Å². The number of ether oxygens (including phenoxy) is 3. The monoisotopic (exact) mass is 327 g/mol. The third-order valence-corrected chi connectivity index (χ3v) is 7.27. The van der Waals surface area contributed by atoms with Gasteiger partial charge in [0.1, 0.15) is 0 Å². The van der Waals surface area contributed by atoms with Gasteiger partial charge in [-0.2, -0.15) is 0 Å². The SMILES string of the molecule is COC(=O)C[P+](CC(=O)OC)(CC(=O)OC)c1ccccc1. The second-order valence-corrected chi connectivity index (χ2v) is 8.44. The van der Waals surface area contributed by atoms with Crippen LogP contribution in [0.5, 0.6) is 0 Å². The Morgan fingerprint density at radius 3 is 1.45 bits per heavy atom. The van der Waals surface area contributed by atoms with E-state index < -0.39 is 25.2 Å². The molecular weight excluding hydrogens is 307 g/mol. The minimum Gasteiger partial charge on any atom is -0.466 e. The van der Waals surface area contributed by atoms with E-state index in [0.717, 1.165) is 5.30 Å². The first-order chi connectivity index (χ1) is 10.5. The molecule has 22 heavy (non-hydrogen) atoms. The number of carbonyl (C=O) groups excluding carboxylic acids is 3. The van der Waals surface area contributed by atoms with E-state index in [0.29, 0.717) is 0 Å². The molecule has 0 unspecified atom stereocenters. The Hall–Kier alpha value is -1.94. The first kappa shape index (κ1) is 18.1. The maximum Gasteiger partial charge on any atom is 0.343 e. The Labute approximate surface area is 130 Å². The highest BCUT2D eigenvalue weighted by molar-refractivity contribution is 7.85. The number of benzene rings is 1. The molecule has 6 nitrogen and oxygen atoms in total. The Kier molecular flexibility index (Phi) is 6.99. The first-order valence-corrected chi connectivity index (χ1v) is 8.94. The van der Waals surface area contributed by atoms with Gasteiger partial charge in [-0.25, -0.2) is 14.4 Å². The molecule has 1 rings (SSSR count). The molecular formula is C15H20O6P+. The predicted molar refractivity (Wildman–Crippen MR) is 83.6 cm³/mol. The molecule has 0 aliphatic carbocycles. The van der Waals surface area contributed by atoms with Crippen LogP contribution in [0.1, 0.15) is 0 Å². The third kappa shape index (κ3) is 4.81. The standard InChI is InChI=1S/C15H20O6P/c1-19-13(16)9-22(10-14(17)20-2,11-15(18)21-3)12-7-5-4-6-8-12/h4-8H,9-11H2,1-3H3/q+1. The molecule has 0 aliphatic heterocycles. The van der Waals surface area contributed by atoms with Crippen molar-refractivity contribution in [3.05, 3.63) is 30.3 Å². The highest BCUT2D eigenvalue weighted by Gasteiger charge is 2.47. The lowest BCUT2D eigenvalue weighted by molar-refractivity contribution is -0.137. The Bertz CT molecular complexity index is 483. The van der Waals surface area contributed by atoms with E-state index in [1.165, 1.54) is 21.3 Å². The topological polar surface area (TPSA) is 78.9 Å². The normalized spacial score (nSPS) is 10.7. The summed E-state index contributed by atoms with van der Waals surface area (Å²) >= 11 is 0. The van der Waals surface area contributed by atoms with Crippen LogP contribution >= 0.6 is 7.26 Å². The molecule has 0 aromatic heterocycles. The zero-order valence-electron chi connectivity index (χ0n) is 12.9. The van der Waals surface area contributed by atoms with Gasteiger partial charge < -0.3 is 14.2 Å². The van der Waals surface area contributed by atoms with Crippen LogP contribution < -0.4 is 5.30 Å². The van der Waals surface area contributed by atoms with E-state index in [9.17, 15) is 14.4 Å². The molecule has 0 atom stereocenters. The van der Waals surface area contributed by atoms with Gasteiger partial charge >= 0.3 is 17.9 Å². The zero-order chi connectivity index (χ0) is 16.6. The summed E-state index contributed by atoms with van der Waals surface area (Å²) < 4.78 is 14.2. The van der Waals surface area contributed by atoms with Crippen LogP contribution in [-0.2, 0) is 28.6 Å². The highest BCUT2D eigenvalue weighted by Crippen LogP contribution is 2.57. The number of rotatable bonds is 7. The molecule has 0 radical (unpaired) electrons. The largest absolute Gasteiger partial charge is 0.466 e. The number of hydrogen-bond donors (Lipinski definition) is 0. The van der Waals surface area contributed by atoms with Crippen molar-refractivity contribution >= 4 is 30.5 Å². The third-order valence-electron chi connectivity index (χ3n) is 3.28. The Morgan fingerprint density at radius 2 is 1.14 bits per heavy atom. The molecule has 0 heterocycles. The summed E-state index contributed by atoms with van der Waals surface area (Å²) in [5.41, 5.74) is 0. The van der Waals surface area contributed by atoms with Gasteiger partial charge in [-0.05, 0) is 12.1 Å². The van der Waals surface area contributed by atoms with E-state index in [1.54, 1.807) is 12.1 Å². The first-order valence-electron chi connectivity index (χ1n) is 6.59. The van der Waals surface area contributed by atoms with Crippen molar-refractivity contribution in [1.29, 1.82) is 0 Å². The smallest absolute Gasteiger partial charge is 0.343 e. The van der Waals surface area contributed by atoms with Gasteiger partial charge in [0.2, 0.25) is 0 Å². The molecule has 7 heteroatoms. The molecule has 120 valence electrons. The number of carbonyl (C=O) groups is 3. The van der Waals surface area contributed by atoms with Crippen molar-refractivity contribution in [3.63, 3.8) is 0 Å². The highest BCUT2D eigenvalue weighted by atomic mass is 31.2. The van der Waals surface area contributed by atoms with Crippen LogP contribution in [0.4, 0.5) is 0 Å².